The highest BCUT2D eigenvalue weighted by Gasteiger charge is 2.34. The SMILES string of the molecule is O=C(CCCc1cn[nH]c1)N1CCC(N2CCC[C@H](C(=O)N3CCCC3)C2)CC1. The number of amides is 2. The fourth-order valence-corrected chi connectivity index (χ4v) is 5.23. The van der Waals surface area contributed by atoms with Crippen LogP contribution in [0.5, 0.6) is 0 Å². The minimum absolute atomic E-state index is 0.185. The third kappa shape index (κ3) is 5.18. The number of carbonyl (C=O) groups is 2. The molecule has 0 unspecified atom stereocenters. The van der Waals surface area contributed by atoms with Crippen LogP contribution in [0.25, 0.3) is 0 Å². The second kappa shape index (κ2) is 9.74. The van der Waals surface area contributed by atoms with Gasteiger partial charge < -0.3 is 9.80 Å². The van der Waals surface area contributed by atoms with E-state index in [0.29, 0.717) is 18.4 Å². The predicted octanol–water partition coefficient (Wildman–Crippen LogP) is 2.06. The summed E-state index contributed by atoms with van der Waals surface area (Å²) >= 11 is 0. The molecular weight excluding hydrogens is 366 g/mol. The van der Waals surface area contributed by atoms with Gasteiger partial charge in [-0.05, 0) is 63.5 Å². The molecule has 0 radical (unpaired) electrons. The second-order valence-electron chi connectivity index (χ2n) is 8.94. The van der Waals surface area contributed by atoms with E-state index in [0.717, 1.165) is 90.6 Å². The molecule has 29 heavy (non-hydrogen) atoms. The number of aromatic nitrogens is 2. The number of nitrogens with one attached hydrogen (secondary N) is 1. The molecule has 7 heteroatoms. The number of piperidine rings is 2. The first kappa shape index (κ1) is 20.4. The molecule has 3 fully saturated rings. The fourth-order valence-electron chi connectivity index (χ4n) is 5.23. The highest BCUT2D eigenvalue weighted by atomic mass is 16.2. The molecule has 0 spiro atoms. The lowest BCUT2D eigenvalue weighted by Gasteiger charge is -2.42. The van der Waals surface area contributed by atoms with Gasteiger partial charge in [0.25, 0.3) is 0 Å². The van der Waals surface area contributed by atoms with Crippen LogP contribution >= 0.6 is 0 Å². The number of H-pyrrole nitrogens is 1. The first-order valence-electron chi connectivity index (χ1n) is 11.5. The molecule has 0 aliphatic carbocycles. The number of nitrogens with zero attached hydrogens (tertiary/aromatic N) is 4. The Hall–Kier alpha value is -1.89. The Morgan fingerprint density at radius 3 is 2.52 bits per heavy atom. The van der Waals surface area contributed by atoms with Gasteiger partial charge in [-0.2, -0.15) is 5.10 Å². The van der Waals surface area contributed by atoms with Crippen LogP contribution in [0, 0.1) is 5.92 Å². The van der Waals surface area contributed by atoms with Crippen LogP contribution in [-0.4, -0.2) is 82.0 Å². The molecular formula is C22H35N5O2. The number of hydrogen-bond acceptors (Lipinski definition) is 4. The Labute approximate surface area is 173 Å². The van der Waals surface area contributed by atoms with Gasteiger partial charge in [0.05, 0.1) is 12.1 Å². The van der Waals surface area contributed by atoms with Gasteiger partial charge in [0.1, 0.15) is 0 Å². The van der Waals surface area contributed by atoms with Crippen molar-refractivity contribution in [3.05, 3.63) is 18.0 Å². The topological polar surface area (TPSA) is 72.5 Å². The zero-order chi connectivity index (χ0) is 20.1. The summed E-state index contributed by atoms with van der Waals surface area (Å²) in [6.07, 6.45) is 12.7. The molecule has 4 rings (SSSR count). The summed E-state index contributed by atoms with van der Waals surface area (Å²) in [6.45, 7) is 5.64. The van der Waals surface area contributed by atoms with Crippen LogP contribution in [0.15, 0.2) is 12.4 Å². The van der Waals surface area contributed by atoms with Crippen molar-refractivity contribution in [2.45, 2.75) is 63.8 Å². The van der Waals surface area contributed by atoms with Crippen LogP contribution < -0.4 is 0 Å². The molecule has 7 nitrogen and oxygen atoms in total. The molecule has 1 N–H and O–H groups in total. The predicted molar refractivity (Wildman–Crippen MR) is 111 cm³/mol. The van der Waals surface area contributed by atoms with Crippen molar-refractivity contribution in [3.8, 4) is 0 Å². The number of hydrogen-bond donors (Lipinski definition) is 1. The molecule has 3 aliphatic heterocycles. The van der Waals surface area contributed by atoms with Crippen molar-refractivity contribution < 1.29 is 9.59 Å². The Morgan fingerprint density at radius 2 is 1.79 bits per heavy atom. The third-order valence-electron chi connectivity index (χ3n) is 6.96. The summed E-state index contributed by atoms with van der Waals surface area (Å²) in [5.74, 6) is 0.856. The van der Waals surface area contributed by atoms with Gasteiger partial charge in [-0.1, -0.05) is 0 Å². The Bertz CT molecular complexity index is 663. The van der Waals surface area contributed by atoms with E-state index >= 15 is 0 Å². The first-order chi connectivity index (χ1) is 14.2. The van der Waals surface area contributed by atoms with Crippen LogP contribution in [0.4, 0.5) is 0 Å². The minimum Gasteiger partial charge on any atom is -0.343 e. The van der Waals surface area contributed by atoms with Gasteiger partial charge >= 0.3 is 0 Å². The Morgan fingerprint density at radius 1 is 1.00 bits per heavy atom. The molecule has 2 amide bonds. The summed E-state index contributed by atoms with van der Waals surface area (Å²) in [7, 11) is 0. The molecule has 0 aromatic carbocycles. The van der Waals surface area contributed by atoms with Crippen molar-refractivity contribution in [2.75, 3.05) is 39.3 Å². The molecule has 1 atom stereocenters. The third-order valence-corrected chi connectivity index (χ3v) is 6.96. The van der Waals surface area contributed by atoms with Crippen LogP contribution in [0.2, 0.25) is 0 Å². The lowest BCUT2D eigenvalue weighted by Crippen LogP contribution is -2.51. The average molecular weight is 402 g/mol. The highest BCUT2D eigenvalue weighted by molar-refractivity contribution is 5.79. The van der Waals surface area contributed by atoms with Crippen LogP contribution in [0.1, 0.15) is 56.9 Å². The number of carbonyl (C=O) groups excluding carboxylic acids is 2. The first-order valence-corrected chi connectivity index (χ1v) is 11.5. The van der Waals surface area contributed by atoms with Gasteiger partial charge in [-0.15, -0.1) is 0 Å². The molecule has 3 aliphatic rings. The molecule has 0 bridgehead atoms. The normalized spacial score (nSPS) is 24.2. The van der Waals surface area contributed by atoms with E-state index in [4.69, 9.17) is 0 Å². The number of likely N-dealkylation sites (tertiary alicyclic amines) is 3. The number of rotatable bonds is 6. The van der Waals surface area contributed by atoms with E-state index in [1.54, 1.807) is 0 Å². The summed E-state index contributed by atoms with van der Waals surface area (Å²) in [5.41, 5.74) is 1.17. The fraction of sp³-hybridized carbons (Fsp3) is 0.773. The van der Waals surface area contributed by atoms with Crippen molar-refractivity contribution in [3.63, 3.8) is 0 Å². The van der Waals surface area contributed by atoms with Gasteiger partial charge in [0.2, 0.25) is 11.8 Å². The second-order valence-corrected chi connectivity index (χ2v) is 8.94. The maximum atomic E-state index is 12.8. The van der Waals surface area contributed by atoms with E-state index in [-0.39, 0.29) is 11.8 Å². The molecule has 0 saturated carbocycles. The van der Waals surface area contributed by atoms with E-state index in [9.17, 15) is 9.59 Å². The van der Waals surface area contributed by atoms with E-state index in [1.807, 2.05) is 17.3 Å². The van der Waals surface area contributed by atoms with Gasteiger partial charge in [0, 0.05) is 51.4 Å². The Kier molecular flexibility index (Phi) is 6.85. The lowest BCUT2D eigenvalue weighted by atomic mass is 9.93. The van der Waals surface area contributed by atoms with Gasteiger partial charge in [-0.3, -0.25) is 19.6 Å². The van der Waals surface area contributed by atoms with E-state index in [2.05, 4.69) is 20.0 Å². The van der Waals surface area contributed by atoms with Crippen LogP contribution in [-0.2, 0) is 16.0 Å². The molecule has 1 aromatic heterocycles. The van der Waals surface area contributed by atoms with Crippen molar-refractivity contribution in [1.29, 1.82) is 0 Å². The number of aryl methyl sites for hydroxylation is 1. The van der Waals surface area contributed by atoms with E-state index < -0.39 is 0 Å². The smallest absolute Gasteiger partial charge is 0.226 e. The minimum atomic E-state index is 0.185. The molecule has 1 aromatic rings. The maximum Gasteiger partial charge on any atom is 0.226 e. The summed E-state index contributed by atoms with van der Waals surface area (Å²) in [6, 6.07) is 0.527. The zero-order valence-corrected chi connectivity index (χ0v) is 17.5. The van der Waals surface area contributed by atoms with Crippen LogP contribution in [0.3, 0.4) is 0 Å². The maximum absolute atomic E-state index is 12.8. The summed E-state index contributed by atoms with van der Waals surface area (Å²) < 4.78 is 0. The average Bonchev–Trinajstić information content (AvgIpc) is 3.48. The van der Waals surface area contributed by atoms with E-state index in [1.165, 1.54) is 5.56 Å². The standard InChI is InChI=1S/C22H35N5O2/c28-21(7-3-5-18-15-23-24-16-18)25-13-8-20(9-14-25)27-12-4-6-19(17-27)22(29)26-10-1-2-11-26/h15-16,19-20H,1-14,17H2,(H,23,24)/t19-/m0/s1. The molecule has 3 saturated heterocycles. The van der Waals surface area contributed by atoms with Crippen molar-refractivity contribution >= 4 is 11.8 Å². The molecule has 4 heterocycles. The lowest BCUT2D eigenvalue weighted by molar-refractivity contribution is -0.136. The zero-order valence-electron chi connectivity index (χ0n) is 17.5. The van der Waals surface area contributed by atoms with Crippen molar-refractivity contribution in [1.82, 2.24) is 24.9 Å². The Balaban J connectivity index is 1.19. The molecule has 160 valence electrons. The van der Waals surface area contributed by atoms with Gasteiger partial charge in [0.15, 0.2) is 0 Å². The highest BCUT2D eigenvalue weighted by Crippen LogP contribution is 2.26. The number of aromatic amines is 1. The summed E-state index contributed by atoms with van der Waals surface area (Å²) in [5, 5.41) is 6.77. The monoisotopic (exact) mass is 401 g/mol. The largest absolute Gasteiger partial charge is 0.343 e. The van der Waals surface area contributed by atoms with Gasteiger partial charge in [-0.25, -0.2) is 0 Å². The summed E-state index contributed by atoms with van der Waals surface area (Å²) in [4.78, 5) is 32.0. The van der Waals surface area contributed by atoms with Crippen molar-refractivity contribution in [2.24, 2.45) is 5.92 Å². The quantitative estimate of drug-likeness (QED) is 0.792.